The van der Waals surface area contributed by atoms with E-state index in [1.54, 1.807) is 31.3 Å². The van der Waals surface area contributed by atoms with Crippen molar-refractivity contribution in [3.63, 3.8) is 0 Å². The van der Waals surface area contributed by atoms with E-state index in [1.165, 1.54) is 12.1 Å². The van der Waals surface area contributed by atoms with Gasteiger partial charge in [-0.3, -0.25) is 4.79 Å². The third kappa shape index (κ3) is 4.78. The van der Waals surface area contributed by atoms with Crippen LogP contribution >= 0.6 is 11.6 Å². The number of hydrogen-bond acceptors (Lipinski definition) is 2. The fourth-order valence-corrected chi connectivity index (χ4v) is 2.61. The molecule has 0 aliphatic rings. The average molecular weight is 335 g/mol. The van der Waals surface area contributed by atoms with E-state index in [9.17, 15) is 9.18 Å². The van der Waals surface area contributed by atoms with Gasteiger partial charge in [0.2, 0.25) is 5.91 Å². The Balaban J connectivity index is 2.34. The van der Waals surface area contributed by atoms with Gasteiger partial charge in [-0.2, -0.15) is 0 Å². The molecule has 2 unspecified atom stereocenters. The van der Waals surface area contributed by atoms with Crippen LogP contribution in [0.4, 0.5) is 4.39 Å². The molecule has 2 aromatic carbocycles. The van der Waals surface area contributed by atoms with Gasteiger partial charge in [0.1, 0.15) is 5.82 Å². The molecule has 0 aliphatic heterocycles. The van der Waals surface area contributed by atoms with Crippen LogP contribution in [0.1, 0.15) is 24.1 Å². The van der Waals surface area contributed by atoms with Crippen molar-refractivity contribution in [2.24, 2.45) is 5.92 Å². The molecule has 0 bridgehead atoms. The van der Waals surface area contributed by atoms with E-state index in [4.69, 9.17) is 11.6 Å². The molecular weight excluding hydrogens is 315 g/mol. The zero-order valence-corrected chi connectivity index (χ0v) is 13.9. The number of carbonyl (C=O) groups is 1. The van der Waals surface area contributed by atoms with E-state index in [2.05, 4.69) is 10.6 Å². The summed E-state index contributed by atoms with van der Waals surface area (Å²) >= 11 is 6.06. The van der Waals surface area contributed by atoms with Gasteiger partial charge in [-0.1, -0.05) is 42.8 Å². The van der Waals surface area contributed by atoms with Gasteiger partial charge in [-0.05, 0) is 42.4 Å². The van der Waals surface area contributed by atoms with E-state index in [-0.39, 0.29) is 17.6 Å². The standard InChI is InChI=1S/C18H20ClFN2O/c1-12(11-21-2)18(23)22-17(13-5-3-7-15(19)9-13)14-6-4-8-16(20)10-14/h3-10,12,17,21H,11H2,1-2H3,(H,22,23). The SMILES string of the molecule is CNCC(C)C(=O)NC(c1cccc(F)c1)c1cccc(Cl)c1. The smallest absolute Gasteiger partial charge is 0.224 e. The van der Waals surface area contributed by atoms with Crippen molar-refractivity contribution < 1.29 is 9.18 Å². The normalized spacial score (nSPS) is 13.4. The van der Waals surface area contributed by atoms with Crippen molar-refractivity contribution in [1.82, 2.24) is 10.6 Å². The first-order chi connectivity index (χ1) is 11.0. The molecule has 0 aliphatic carbocycles. The number of benzene rings is 2. The largest absolute Gasteiger partial charge is 0.345 e. The lowest BCUT2D eigenvalue weighted by atomic mass is 9.97. The molecule has 0 saturated heterocycles. The molecule has 2 rings (SSSR count). The summed E-state index contributed by atoms with van der Waals surface area (Å²) in [6.45, 7) is 2.41. The predicted octanol–water partition coefficient (Wildman–Crippen LogP) is 3.54. The molecule has 5 heteroatoms. The van der Waals surface area contributed by atoms with Gasteiger partial charge in [0.25, 0.3) is 0 Å². The fraction of sp³-hybridized carbons (Fsp3) is 0.278. The van der Waals surface area contributed by atoms with E-state index in [0.29, 0.717) is 17.1 Å². The Hall–Kier alpha value is -1.91. The van der Waals surface area contributed by atoms with Gasteiger partial charge in [0.05, 0.1) is 6.04 Å². The summed E-state index contributed by atoms with van der Waals surface area (Å²) in [6.07, 6.45) is 0. The molecule has 0 heterocycles. The van der Waals surface area contributed by atoms with Crippen LogP contribution in [0.5, 0.6) is 0 Å². The summed E-state index contributed by atoms with van der Waals surface area (Å²) in [7, 11) is 1.80. The Labute approximate surface area is 140 Å². The molecule has 2 aromatic rings. The van der Waals surface area contributed by atoms with Crippen LogP contribution in [-0.2, 0) is 4.79 Å². The zero-order valence-electron chi connectivity index (χ0n) is 13.1. The van der Waals surface area contributed by atoms with E-state index in [1.807, 2.05) is 19.1 Å². The summed E-state index contributed by atoms with van der Waals surface area (Å²) in [5.74, 6) is -0.643. The number of hydrogen-bond donors (Lipinski definition) is 2. The van der Waals surface area contributed by atoms with Crippen LogP contribution in [0.3, 0.4) is 0 Å². The zero-order chi connectivity index (χ0) is 16.8. The maximum absolute atomic E-state index is 13.6. The van der Waals surface area contributed by atoms with Crippen LogP contribution in [-0.4, -0.2) is 19.5 Å². The molecule has 0 aromatic heterocycles. The van der Waals surface area contributed by atoms with E-state index < -0.39 is 6.04 Å². The number of nitrogens with one attached hydrogen (secondary N) is 2. The molecule has 1 amide bonds. The molecule has 122 valence electrons. The van der Waals surface area contributed by atoms with Crippen molar-refractivity contribution in [1.29, 1.82) is 0 Å². The molecule has 0 radical (unpaired) electrons. The van der Waals surface area contributed by atoms with Crippen molar-refractivity contribution in [3.8, 4) is 0 Å². The minimum absolute atomic E-state index is 0.103. The predicted molar refractivity (Wildman–Crippen MR) is 90.9 cm³/mol. The Morgan fingerprint density at radius 1 is 1.17 bits per heavy atom. The number of halogens is 2. The molecule has 0 saturated carbocycles. The third-order valence-electron chi connectivity index (χ3n) is 3.61. The number of carbonyl (C=O) groups excluding carboxylic acids is 1. The van der Waals surface area contributed by atoms with Crippen molar-refractivity contribution in [2.75, 3.05) is 13.6 Å². The van der Waals surface area contributed by atoms with Gasteiger partial charge in [0, 0.05) is 17.5 Å². The van der Waals surface area contributed by atoms with E-state index >= 15 is 0 Å². The first-order valence-corrected chi connectivity index (χ1v) is 7.85. The lowest BCUT2D eigenvalue weighted by molar-refractivity contribution is -0.124. The highest BCUT2D eigenvalue weighted by Gasteiger charge is 2.20. The van der Waals surface area contributed by atoms with Crippen LogP contribution in [0, 0.1) is 11.7 Å². The Kier molecular flexibility index (Phi) is 6.13. The highest BCUT2D eigenvalue weighted by atomic mass is 35.5. The summed E-state index contributed by atoms with van der Waals surface area (Å²) in [5, 5.41) is 6.53. The second-order valence-electron chi connectivity index (χ2n) is 5.51. The van der Waals surface area contributed by atoms with Crippen LogP contribution in [0.2, 0.25) is 5.02 Å². The molecule has 23 heavy (non-hydrogen) atoms. The number of amides is 1. The third-order valence-corrected chi connectivity index (χ3v) is 3.84. The lowest BCUT2D eigenvalue weighted by Gasteiger charge is -2.22. The molecular formula is C18H20ClFN2O. The highest BCUT2D eigenvalue weighted by Crippen LogP contribution is 2.25. The average Bonchev–Trinajstić information content (AvgIpc) is 2.52. The first kappa shape index (κ1) is 17.4. The minimum Gasteiger partial charge on any atom is -0.345 e. The van der Waals surface area contributed by atoms with Crippen molar-refractivity contribution in [2.45, 2.75) is 13.0 Å². The minimum atomic E-state index is -0.448. The quantitative estimate of drug-likeness (QED) is 0.848. The van der Waals surface area contributed by atoms with Crippen molar-refractivity contribution >= 4 is 17.5 Å². The molecule has 0 spiro atoms. The Morgan fingerprint density at radius 2 is 1.83 bits per heavy atom. The van der Waals surface area contributed by atoms with Crippen LogP contribution in [0.15, 0.2) is 48.5 Å². The van der Waals surface area contributed by atoms with Crippen LogP contribution < -0.4 is 10.6 Å². The maximum Gasteiger partial charge on any atom is 0.224 e. The Morgan fingerprint density at radius 3 is 2.43 bits per heavy atom. The molecule has 2 atom stereocenters. The lowest BCUT2D eigenvalue weighted by Crippen LogP contribution is -2.37. The molecule has 3 nitrogen and oxygen atoms in total. The second-order valence-corrected chi connectivity index (χ2v) is 5.95. The van der Waals surface area contributed by atoms with Gasteiger partial charge in [-0.25, -0.2) is 4.39 Å². The van der Waals surface area contributed by atoms with Gasteiger partial charge < -0.3 is 10.6 Å². The summed E-state index contributed by atoms with van der Waals surface area (Å²) < 4.78 is 13.6. The maximum atomic E-state index is 13.6. The van der Waals surface area contributed by atoms with Gasteiger partial charge in [-0.15, -0.1) is 0 Å². The van der Waals surface area contributed by atoms with Gasteiger partial charge >= 0.3 is 0 Å². The Bertz CT molecular complexity index is 632. The van der Waals surface area contributed by atoms with Crippen LogP contribution in [0.25, 0.3) is 0 Å². The highest BCUT2D eigenvalue weighted by molar-refractivity contribution is 6.30. The summed E-state index contributed by atoms with van der Waals surface area (Å²) in [5.41, 5.74) is 1.49. The fourth-order valence-electron chi connectivity index (χ4n) is 2.41. The monoisotopic (exact) mass is 334 g/mol. The topological polar surface area (TPSA) is 41.1 Å². The van der Waals surface area contributed by atoms with Gasteiger partial charge in [0.15, 0.2) is 0 Å². The first-order valence-electron chi connectivity index (χ1n) is 7.47. The number of rotatable bonds is 6. The second kappa shape index (κ2) is 8.09. The molecule has 2 N–H and O–H groups in total. The molecule has 0 fully saturated rings. The van der Waals surface area contributed by atoms with E-state index in [0.717, 1.165) is 5.56 Å². The van der Waals surface area contributed by atoms with Crippen molar-refractivity contribution in [3.05, 3.63) is 70.5 Å². The summed E-state index contributed by atoms with van der Waals surface area (Å²) in [4.78, 5) is 12.4. The summed E-state index contributed by atoms with van der Waals surface area (Å²) in [6, 6.07) is 13.0.